The van der Waals surface area contributed by atoms with E-state index in [4.69, 9.17) is 4.74 Å². The van der Waals surface area contributed by atoms with Crippen LogP contribution in [0.25, 0.3) is 0 Å². The third-order valence-corrected chi connectivity index (χ3v) is 4.11. The number of hydrogen-bond acceptors (Lipinski definition) is 3. The van der Waals surface area contributed by atoms with Crippen LogP contribution in [0.5, 0.6) is 0 Å². The zero-order chi connectivity index (χ0) is 15.9. The predicted octanol–water partition coefficient (Wildman–Crippen LogP) is 3.85. The minimum Gasteiger partial charge on any atom is -0.444 e. The molecule has 0 bridgehead atoms. The van der Waals surface area contributed by atoms with E-state index < -0.39 is 5.60 Å². The third-order valence-electron chi connectivity index (χ3n) is 4.11. The summed E-state index contributed by atoms with van der Waals surface area (Å²) in [4.78, 5) is 11.6. The van der Waals surface area contributed by atoms with Crippen LogP contribution in [0.4, 0.5) is 4.79 Å². The van der Waals surface area contributed by atoms with E-state index in [1.54, 1.807) is 0 Å². The third kappa shape index (κ3) is 8.30. The molecule has 124 valence electrons. The maximum atomic E-state index is 11.6. The lowest BCUT2D eigenvalue weighted by Gasteiger charge is -2.27. The highest BCUT2D eigenvalue weighted by atomic mass is 16.6. The lowest BCUT2D eigenvalue weighted by atomic mass is 9.92. The minimum atomic E-state index is -0.436. The number of rotatable bonds is 5. The molecule has 1 saturated carbocycles. The Morgan fingerprint density at radius 2 is 1.71 bits per heavy atom. The van der Waals surface area contributed by atoms with Crippen molar-refractivity contribution in [3.8, 4) is 0 Å². The molecular formula is C17H34N2O2. The van der Waals surface area contributed by atoms with Gasteiger partial charge in [-0.3, -0.25) is 0 Å². The number of carbonyl (C=O) groups is 1. The monoisotopic (exact) mass is 298 g/mol. The van der Waals surface area contributed by atoms with Gasteiger partial charge in [0.2, 0.25) is 0 Å². The summed E-state index contributed by atoms with van der Waals surface area (Å²) in [5, 5.41) is 6.46. The van der Waals surface area contributed by atoms with E-state index in [2.05, 4.69) is 24.5 Å². The highest BCUT2D eigenvalue weighted by Gasteiger charge is 2.21. The predicted molar refractivity (Wildman–Crippen MR) is 87.5 cm³/mol. The summed E-state index contributed by atoms with van der Waals surface area (Å²) < 4.78 is 5.25. The zero-order valence-electron chi connectivity index (χ0n) is 14.5. The van der Waals surface area contributed by atoms with E-state index >= 15 is 0 Å². The van der Waals surface area contributed by atoms with Gasteiger partial charge >= 0.3 is 6.09 Å². The van der Waals surface area contributed by atoms with Gasteiger partial charge in [-0.1, -0.05) is 25.7 Å². The molecule has 0 spiro atoms. The second kappa shape index (κ2) is 8.62. The molecule has 0 saturated heterocycles. The highest BCUT2D eigenvalue weighted by molar-refractivity contribution is 5.67. The molecule has 4 heteroatoms. The fraction of sp³-hybridized carbons (Fsp3) is 0.941. The Kier molecular flexibility index (Phi) is 7.50. The molecule has 2 atom stereocenters. The second-order valence-corrected chi connectivity index (χ2v) is 7.49. The molecule has 0 aromatic rings. The van der Waals surface area contributed by atoms with Crippen molar-refractivity contribution in [2.75, 3.05) is 6.54 Å². The van der Waals surface area contributed by atoms with E-state index in [0.717, 1.165) is 5.92 Å². The van der Waals surface area contributed by atoms with Crippen molar-refractivity contribution in [1.82, 2.24) is 10.6 Å². The second-order valence-electron chi connectivity index (χ2n) is 7.49. The number of amides is 1. The van der Waals surface area contributed by atoms with E-state index in [-0.39, 0.29) is 12.1 Å². The Morgan fingerprint density at radius 3 is 2.24 bits per heavy atom. The van der Waals surface area contributed by atoms with E-state index in [1.165, 1.54) is 38.5 Å². The van der Waals surface area contributed by atoms with Crippen LogP contribution in [0.2, 0.25) is 0 Å². The van der Waals surface area contributed by atoms with Gasteiger partial charge in [0.25, 0.3) is 0 Å². The molecule has 21 heavy (non-hydrogen) atoms. The van der Waals surface area contributed by atoms with Crippen LogP contribution in [-0.2, 0) is 4.74 Å². The molecule has 1 aliphatic rings. The molecule has 1 rings (SSSR count). The first-order chi connectivity index (χ1) is 9.78. The number of nitrogens with one attached hydrogen (secondary N) is 2. The topological polar surface area (TPSA) is 50.4 Å². The standard InChI is InChI=1S/C17H34N2O2/c1-13(12-18-16(20)21-17(3,4)5)19-14(2)15-10-8-6-7-9-11-15/h13-15,19H,6-12H2,1-5H3,(H,18,20)/t13?,14-/m0/s1. The smallest absolute Gasteiger partial charge is 0.407 e. The van der Waals surface area contributed by atoms with Crippen molar-refractivity contribution in [1.29, 1.82) is 0 Å². The number of ether oxygens (including phenoxy) is 1. The van der Waals surface area contributed by atoms with Crippen LogP contribution in [-0.4, -0.2) is 30.3 Å². The van der Waals surface area contributed by atoms with Gasteiger partial charge in [-0.25, -0.2) is 4.79 Å². The molecule has 1 fully saturated rings. The first kappa shape index (κ1) is 18.3. The summed E-state index contributed by atoms with van der Waals surface area (Å²) in [7, 11) is 0. The fourth-order valence-electron chi connectivity index (χ4n) is 3.01. The maximum Gasteiger partial charge on any atom is 0.407 e. The Balaban J connectivity index is 2.25. The summed E-state index contributed by atoms with van der Waals surface area (Å²) in [6.07, 6.45) is 7.83. The van der Waals surface area contributed by atoms with Gasteiger partial charge in [-0.15, -0.1) is 0 Å². The Labute approximate surface area is 130 Å². The summed E-state index contributed by atoms with van der Waals surface area (Å²) in [5.41, 5.74) is -0.436. The van der Waals surface area contributed by atoms with E-state index in [0.29, 0.717) is 12.6 Å². The minimum absolute atomic E-state index is 0.260. The molecule has 2 N–H and O–H groups in total. The Hall–Kier alpha value is -0.770. The van der Waals surface area contributed by atoms with Crippen molar-refractivity contribution in [2.24, 2.45) is 5.92 Å². The first-order valence-electron chi connectivity index (χ1n) is 8.51. The van der Waals surface area contributed by atoms with E-state index in [9.17, 15) is 4.79 Å². The Morgan fingerprint density at radius 1 is 1.14 bits per heavy atom. The summed E-state index contributed by atoms with van der Waals surface area (Å²) >= 11 is 0. The largest absolute Gasteiger partial charge is 0.444 e. The summed E-state index contributed by atoms with van der Waals surface area (Å²) in [6, 6.07) is 0.773. The van der Waals surface area contributed by atoms with Crippen LogP contribution in [0.15, 0.2) is 0 Å². The lowest BCUT2D eigenvalue weighted by Crippen LogP contribution is -2.46. The quantitative estimate of drug-likeness (QED) is 0.758. The summed E-state index contributed by atoms with van der Waals surface area (Å²) in [6.45, 7) is 10.6. The molecule has 0 radical (unpaired) electrons. The van der Waals surface area contributed by atoms with Gasteiger partial charge in [-0.05, 0) is 53.4 Å². The van der Waals surface area contributed by atoms with Gasteiger partial charge in [0.05, 0.1) is 0 Å². The van der Waals surface area contributed by atoms with Crippen LogP contribution in [0.1, 0.15) is 73.1 Å². The van der Waals surface area contributed by atoms with Gasteiger partial charge < -0.3 is 15.4 Å². The van der Waals surface area contributed by atoms with Crippen molar-refractivity contribution in [3.63, 3.8) is 0 Å². The average molecular weight is 298 g/mol. The lowest BCUT2D eigenvalue weighted by molar-refractivity contribution is 0.0522. The maximum absolute atomic E-state index is 11.6. The average Bonchev–Trinajstić information content (AvgIpc) is 2.63. The van der Waals surface area contributed by atoms with Gasteiger partial charge in [0, 0.05) is 18.6 Å². The van der Waals surface area contributed by atoms with Crippen molar-refractivity contribution in [2.45, 2.75) is 90.8 Å². The number of alkyl carbamates (subject to hydrolysis) is 1. The molecule has 0 heterocycles. The molecule has 0 aliphatic heterocycles. The Bertz CT molecular complexity index is 304. The van der Waals surface area contributed by atoms with Crippen LogP contribution < -0.4 is 10.6 Å². The molecule has 1 aliphatic carbocycles. The van der Waals surface area contributed by atoms with Crippen LogP contribution >= 0.6 is 0 Å². The molecule has 1 unspecified atom stereocenters. The van der Waals surface area contributed by atoms with E-state index in [1.807, 2.05) is 20.8 Å². The molecule has 0 aromatic heterocycles. The van der Waals surface area contributed by atoms with Gasteiger partial charge in [0.1, 0.15) is 5.60 Å². The SMILES string of the molecule is CC(CNC(=O)OC(C)(C)C)N[C@@H](C)C1CCCCCC1. The number of hydrogen-bond donors (Lipinski definition) is 2. The van der Waals surface area contributed by atoms with Crippen molar-refractivity contribution >= 4 is 6.09 Å². The van der Waals surface area contributed by atoms with Crippen LogP contribution in [0, 0.1) is 5.92 Å². The normalized spacial score (nSPS) is 20.4. The molecular weight excluding hydrogens is 264 g/mol. The van der Waals surface area contributed by atoms with Crippen molar-refractivity contribution < 1.29 is 9.53 Å². The number of carbonyl (C=O) groups excluding carboxylic acids is 1. The van der Waals surface area contributed by atoms with Gasteiger partial charge in [-0.2, -0.15) is 0 Å². The first-order valence-corrected chi connectivity index (χ1v) is 8.51. The molecule has 4 nitrogen and oxygen atoms in total. The zero-order valence-corrected chi connectivity index (χ0v) is 14.5. The molecule has 0 aromatic carbocycles. The van der Waals surface area contributed by atoms with Gasteiger partial charge in [0.15, 0.2) is 0 Å². The highest BCUT2D eigenvalue weighted by Crippen LogP contribution is 2.25. The fourth-order valence-corrected chi connectivity index (χ4v) is 3.01. The molecule has 1 amide bonds. The van der Waals surface area contributed by atoms with Crippen molar-refractivity contribution in [3.05, 3.63) is 0 Å². The van der Waals surface area contributed by atoms with Crippen LogP contribution in [0.3, 0.4) is 0 Å². The summed E-state index contributed by atoms with van der Waals surface area (Å²) in [5.74, 6) is 0.775.